The molecule has 1 amide bonds. The van der Waals surface area contributed by atoms with E-state index in [1.807, 2.05) is 12.1 Å². The van der Waals surface area contributed by atoms with E-state index in [1.165, 1.54) is 0 Å². The zero-order valence-electron chi connectivity index (χ0n) is 10.9. The molecule has 0 saturated carbocycles. The van der Waals surface area contributed by atoms with Crippen molar-refractivity contribution in [1.82, 2.24) is 5.32 Å². The summed E-state index contributed by atoms with van der Waals surface area (Å²) < 4.78 is 32.6. The van der Waals surface area contributed by atoms with Crippen molar-refractivity contribution in [3.8, 4) is 5.75 Å². The van der Waals surface area contributed by atoms with E-state index in [-0.39, 0.29) is 18.7 Å². The van der Waals surface area contributed by atoms with Gasteiger partial charge in [-0.05, 0) is 36.4 Å². The van der Waals surface area contributed by atoms with Gasteiger partial charge in [-0.15, -0.1) is 0 Å². The van der Waals surface area contributed by atoms with Crippen LogP contribution in [-0.4, -0.2) is 19.1 Å². The van der Waals surface area contributed by atoms with Gasteiger partial charge in [0.25, 0.3) is 5.91 Å². The molecule has 0 spiro atoms. The van der Waals surface area contributed by atoms with Crippen molar-refractivity contribution in [3.63, 3.8) is 0 Å². The van der Waals surface area contributed by atoms with E-state index in [2.05, 4.69) is 21.2 Å². The lowest BCUT2D eigenvalue weighted by Crippen LogP contribution is -2.28. The van der Waals surface area contributed by atoms with Crippen molar-refractivity contribution < 1.29 is 18.3 Å². The SMILES string of the molecule is O=C(NCCOc1cccc(Br)c1)c1cc(F)ccc1F. The Kier molecular flexibility index (Phi) is 5.27. The summed E-state index contributed by atoms with van der Waals surface area (Å²) >= 11 is 3.31. The lowest BCUT2D eigenvalue weighted by molar-refractivity contribution is 0.0942. The Bertz CT molecular complexity index is 649. The number of ether oxygens (including phenoxy) is 1. The fourth-order valence-electron chi connectivity index (χ4n) is 1.66. The van der Waals surface area contributed by atoms with Crippen molar-refractivity contribution in [2.24, 2.45) is 0 Å². The number of hydrogen-bond donors (Lipinski definition) is 1. The van der Waals surface area contributed by atoms with Crippen LogP contribution >= 0.6 is 15.9 Å². The van der Waals surface area contributed by atoms with Gasteiger partial charge in [0.2, 0.25) is 0 Å². The Morgan fingerprint density at radius 3 is 2.76 bits per heavy atom. The van der Waals surface area contributed by atoms with E-state index in [4.69, 9.17) is 4.74 Å². The fourth-order valence-corrected chi connectivity index (χ4v) is 2.04. The van der Waals surface area contributed by atoms with Crippen LogP contribution in [0.5, 0.6) is 5.75 Å². The normalized spacial score (nSPS) is 10.2. The number of halogens is 3. The Balaban J connectivity index is 1.83. The second-order valence-corrected chi connectivity index (χ2v) is 5.10. The minimum absolute atomic E-state index is 0.182. The van der Waals surface area contributed by atoms with Crippen LogP contribution in [0.25, 0.3) is 0 Å². The summed E-state index contributed by atoms with van der Waals surface area (Å²) in [6.07, 6.45) is 0. The van der Waals surface area contributed by atoms with Crippen LogP contribution in [-0.2, 0) is 0 Å². The molecule has 2 aromatic carbocycles. The molecule has 0 saturated heterocycles. The molecule has 2 aromatic rings. The lowest BCUT2D eigenvalue weighted by Gasteiger charge is -2.08. The quantitative estimate of drug-likeness (QED) is 0.833. The maximum atomic E-state index is 13.4. The standard InChI is InChI=1S/C15H12BrF2NO2/c16-10-2-1-3-12(8-10)21-7-6-19-15(20)13-9-11(17)4-5-14(13)18/h1-5,8-9H,6-7H2,(H,19,20). The Hall–Kier alpha value is -1.95. The molecular weight excluding hydrogens is 344 g/mol. The molecule has 0 heterocycles. The summed E-state index contributed by atoms with van der Waals surface area (Å²) in [4.78, 5) is 11.7. The summed E-state index contributed by atoms with van der Waals surface area (Å²) in [5, 5.41) is 2.47. The zero-order valence-corrected chi connectivity index (χ0v) is 12.5. The zero-order chi connectivity index (χ0) is 15.2. The second-order valence-electron chi connectivity index (χ2n) is 4.19. The predicted octanol–water partition coefficient (Wildman–Crippen LogP) is 3.54. The van der Waals surface area contributed by atoms with Gasteiger partial charge in [-0.1, -0.05) is 22.0 Å². The number of carbonyl (C=O) groups is 1. The first-order valence-corrected chi connectivity index (χ1v) is 6.97. The molecule has 0 radical (unpaired) electrons. The van der Waals surface area contributed by atoms with E-state index in [1.54, 1.807) is 12.1 Å². The van der Waals surface area contributed by atoms with E-state index in [0.717, 1.165) is 22.7 Å². The van der Waals surface area contributed by atoms with E-state index in [9.17, 15) is 13.6 Å². The molecule has 1 N–H and O–H groups in total. The van der Waals surface area contributed by atoms with Gasteiger partial charge >= 0.3 is 0 Å². The van der Waals surface area contributed by atoms with Crippen molar-refractivity contribution >= 4 is 21.8 Å². The molecule has 0 aliphatic rings. The molecular formula is C15H12BrF2NO2. The van der Waals surface area contributed by atoms with Gasteiger partial charge in [0.15, 0.2) is 0 Å². The predicted molar refractivity (Wildman–Crippen MR) is 78.3 cm³/mol. The van der Waals surface area contributed by atoms with Crippen LogP contribution in [0.4, 0.5) is 8.78 Å². The second kappa shape index (κ2) is 7.17. The van der Waals surface area contributed by atoms with Crippen molar-refractivity contribution in [2.45, 2.75) is 0 Å². The number of benzene rings is 2. The van der Waals surface area contributed by atoms with E-state index in [0.29, 0.717) is 5.75 Å². The van der Waals surface area contributed by atoms with E-state index >= 15 is 0 Å². The summed E-state index contributed by atoms with van der Waals surface area (Å²) in [6.45, 7) is 0.403. The number of amides is 1. The minimum atomic E-state index is -0.762. The van der Waals surface area contributed by atoms with Crippen molar-refractivity contribution in [1.29, 1.82) is 0 Å². The molecule has 0 atom stereocenters. The molecule has 0 aliphatic carbocycles. The van der Waals surface area contributed by atoms with E-state index < -0.39 is 17.5 Å². The molecule has 0 unspecified atom stereocenters. The highest BCUT2D eigenvalue weighted by Crippen LogP contribution is 2.17. The number of hydrogen-bond acceptors (Lipinski definition) is 2. The van der Waals surface area contributed by atoms with Gasteiger partial charge < -0.3 is 10.1 Å². The molecule has 21 heavy (non-hydrogen) atoms. The Labute approximate surface area is 129 Å². The molecule has 3 nitrogen and oxygen atoms in total. The first-order chi connectivity index (χ1) is 10.1. The highest BCUT2D eigenvalue weighted by molar-refractivity contribution is 9.10. The van der Waals surface area contributed by atoms with Crippen LogP contribution in [0.2, 0.25) is 0 Å². The largest absolute Gasteiger partial charge is 0.492 e. The van der Waals surface area contributed by atoms with Gasteiger partial charge in [-0.25, -0.2) is 8.78 Å². The maximum Gasteiger partial charge on any atom is 0.254 e. The van der Waals surface area contributed by atoms with Crippen LogP contribution < -0.4 is 10.1 Å². The van der Waals surface area contributed by atoms with Gasteiger partial charge in [-0.2, -0.15) is 0 Å². The third kappa shape index (κ3) is 4.53. The number of rotatable bonds is 5. The lowest BCUT2D eigenvalue weighted by atomic mass is 10.2. The molecule has 110 valence electrons. The molecule has 0 bridgehead atoms. The monoisotopic (exact) mass is 355 g/mol. The van der Waals surface area contributed by atoms with Crippen LogP contribution in [0.15, 0.2) is 46.9 Å². The number of nitrogens with one attached hydrogen (secondary N) is 1. The molecule has 0 aliphatic heterocycles. The van der Waals surface area contributed by atoms with Gasteiger partial charge in [0, 0.05) is 4.47 Å². The topological polar surface area (TPSA) is 38.3 Å². The first kappa shape index (κ1) is 15.4. The third-order valence-electron chi connectivity index (χ3n) is 2.63. The average molecular weight is 356 g/mol. The number of carbonyl (C=O) groups excluding carboxylic acids is 1. The first-order valence-electron chi connectivity index (χ1n) is 6.18. The van der Waals surface area contributed by atoms with Gasteiger partial charge in [0.05, 0.1) is 12.1 Å². The summed E-state index contributed by atoms with van der Waals surface area (Å²) in [5.74, 6) is -1.45. The van der Waals surface area contributed by atoms with Crippen LogP contribution in [0, 0.1) is 11.6 Å². The third-order valence-corrected chi connectivity index (χ3v) is 3.12. The Morgan fingerprint density at radius 2 is 2.00 bits per heavy atom. The van der Waals surface area contributed by atoms with Gasteiger partial charge in [-0.3, -0.25) is 4.79 Å². The van der Waals surface area contributed by atoms with Crippen LogP contribution in [0.1, 0.15) is 10.4 Å². The average Bonchev–Trinajstić information content (AvgIpc) is 2.46. The van der Waals surface area contributed by atoms with Crippen molar-refractivity contribution in [2.75, 3.05) is 13.2 Å². The fraction of sp³-hybridized carbons (Fsp3) is 0.133. The molecule has 2 rings (SSSR count). The summed E-state index contributed by atoms with van der Waals surface area (Å²) in [7, 11) is 0. The smallest absolute Gasteiger partial charge is 0.254 e. The van der Waals surface area contributed by atoms with Gasteiger partial charge in [0.1, 0.15) is 24.0 Å². The Morgan fingerprint density at radius 1 is 1.19 bits per heavy atom. The van der Waals surface area contributed by atoms with Crippen LogP contribution in [0.3, 0.4) is 0 Å². The maximum absolute atomic E-state index is 13.4. The highest BCUT2D eigenvalue weighted by atomic mass is 79.9. The summed E-state index contributed by atoms with van der Waals surface area (Å²) in [6, 6.07) is 9.99. The van der Waals surface area contributed by atoms with Crippen molar-refractivity contribution in [3.05, 3.63) is 64.1 Å². The summed E-state index contributed by atoms with van der Waals surface area (Å²) in [5.41, 5.74) is -0.322. The molecule has 6 heteroatoms. The highest BCUT2D eigenvalue weighted by Gasteiger charge is 2.12. The molecule has 0 fully saturated rings. The molecule has 0 aromatic heterocycles. The minimum Gasteiger partial charge on any atom is -0.492 e.